The number of benzene rings is 2. The van der Waals surface area contributed by atoms with E-state index in [0.717, 1.165) is 40.7 Å². The van der Waals surface area contributed by atoms with Gasteiger partial charge in [0.15, 0.2) is 0 Å². The predicted octanol–water partition coefficient (Wildman–Crippen LogP) is 4.02. The molecule has 0 atom stereocenters. The molecule has 4 rings (SSSR count). The molecular weight excluding hydrogens is 416 g/mol. The van der Waals surface area contributed by atoms with E-state index in [1.54, 1.807) is 6.20 Å². The zero-order valence-corrected chi connectivity index (χ0v) is 19.0. The summed E-state index contributed by atoms with van der Waals surface area (Å²) in [5.41, 5.74) is 3.95. The molecule has 0 aliphatic rings. The summed E-state index contributed by atoms with van der Waals surface area (Å²) in [7, 11) is 0. The highest BCUT2D eigenvalue weighted by Crippen LogP contribution is 2.18. The van der Waals surface area contributed by atoms with Crippen molar-refractivity contribution in [3.63, 3.8) is 0 Å². The summed E-state index contributed by atoms with van der Waals surface area (Å²) in [6, 6.07) is 17.8. The lowest BCUT2D eigenvalue weighted by Gasteiger charge is -2.10. The average molecular weight is 445 g/mol. The zero-order valence-electron chi connectivity index (χ0n) is 19.0. The van der Waals surface area contributed by atoms with Crippen LogP contribution in [-0.4, -0.2) is 27.2 Å². The molecule has 2 aromatic carbocycles. The Kier molecular flexibility index (Phi) is 7.19. The summed E-state index contributed by atoms with van der Waals surface area (Å²) in [5, 5.41) is 6.93. The standard InChI is InChI=1S/C26H28N4O3/c1-19-24(20(2)33-29-19)18-32-23-10-8-21(9-11-23)16-26(31)28-13-12-25-27-14-15-30(25)17-22-6-4-3-5-7-22/h3-11,14-15H,12-13,16-18H2,1-2H3,(H,28,31). The summed E-state index contributed by atoms with van der Waals surface area (Å²) in [6.45, 7) is 5.49. The van der Waals surface area contributed by atoms with Crippen LogP contribution in [0.2, 0.25) is 0 Å². The van der Waals surface area contributed by atoms with Crippen molar-refractivity contribution in [2.24, 2.45) is 0 Å². The molecule has 2 heterocycles. The van der Waals surface area contributed by atoms with Gasteiger partial charge in [0, 0.05) is 31.9 Å². The molecule has 7 nitrogen and oxygen atoms in total. The summed E-state index contributed by atoms with van der Waals surface area (Å²) < 4.78 is 13.1. The molecule has 0 radical (unpaired) electrons. The lowest BCUT2D eigenvalue weighted by atomic mass is 10.1. The van der Waals surface area contributed by atoms with Crippen LogP contribution < -0.4 is 10.1 Å². The van der Waals surface area contributed by atoms with Crippen molar-refractivity contribution in [3.8, 4) is 5.75 Å². The molecule has 2 aromatic heterocycles. The first-order valence-corrected chi connectivity index (χ1v) is 11.0. The van der Waals surface area contributed by atoms with Crippen molar-refractivity contribution < 1.29 is 14.1 Å². The van der Waals surface area contributed by atoms with Gasteiger partial charge in [0.2, 0.25) is 5.91 Å². The van der Waals surface area contributed by atoms with Gasteiger partial charge in [0.05, 0.1) is 17.7 Å². The zero-order chi connectivity index (χ0) is 23.0. The number of nitrogens with one attached hydrogen (secondary N) is 1. The average Bonchev–Trinajstić information content (AvgIpc) is 3.39. The van der Waals surface area contributed by atoms with Crippen LogP contribution in [0.25, 0.3) is 0 Å². The van der Waals surface area contributed by atoms with Crippen LogP contribution in [0.5, 0.6) is 5.75 Å². The first-order valence-electron chi connectivity index (χ1n) is 11.0. The number of aromatic nitrogens is 3. The first kappa shape index (κ1) is 22.3. The van der Waals surface area contributed by atoms with Gasteiger partial charge in [-0.3, -0.25) is 4.79 Å². The third kappa shape index (κ3) is 6.10. The number of carbonyl (C=O) groups excluding carboxylic acids is 1. The van der Waals surface area contributed by atoms with Crippen LogP contribution in [0.1, 0.15) is 34.0 Å². The summed E-state index contributed by atoms with van der Waals surface area (Å²) >= 11 is 0. The van der Waals surface area contributed by atoms with Gasteiger partial charge < -0.3 is 19.1 Å². The van der Waals surface area contributed by atoms with Gasteiger partial charge in [0.1, 0.15) is 23.9 Å². The number of hydrogen-bond donors (Lipinski definition) is 1. The number of nitrogens with zero attached hydrogens (tertiary/aromatic N) is 3. The molecule has 4 aromatic rings. The molecule has 0 unspecified atom stereocenters. The topological polar surface area (TPSA) is 82.2 Å². The summed E-state index contributed by atoms with van der Waals surface area (Å²) in [5.74, 6) is 2.45. The maximum Gasteiger partial charge on any atom is 0.224 e. The monoisotopic (exact) mass is 444 g/mol. The lowest BCUT2D eigenvalue weighted by Crippen LogP contribution is -2.28. The van der Waals surface area contributed by atoms with Crippen molar-refractivity contribution >= 4 is 5.91 Å². The molecule has 7 heteroatoms. The van der Waals surface area contributed by atoms with E-state index in [0.29, 0.717) is 26.0 Å². The molecule has 1 amide bonds. The Morgan fingerprint density at radius 2 is 1.85 bits per heavy atom. The van der Waals surface area contributed by atoms with E-state index < -0.39 is 0 Å². The molecule has 0 spiro atoms. The number of imidazole rings is 1. The number of aryl methyl sites for hydroxylation is 2. The van der Waals surface area contributed by atoms with Crippen LogP contribution in [0.4, 0.5) is 0 Å². The van der Waals surface area contributed by atoms with E-state index in [4.69, 9.17) is 9.26 Å². The molecule has 33 heavy (non-hydrogen) atoms. The van der Waals surface area contributed by atoms with Crippen LogP contribution >= 0.6 is 0 Å². The Morgan fingerprint density at radius 1 is 1.06 bits per heavy atom. The minimum Gasteiger partial charge on any atom is -0.489 e. The fraction of sp³-hybridized carbons (Fsp3) is 0.269. The normalized spacial score (nSPS) is 10.8. The second-order valence-electron chi connectivity index (χ2n) is 7.97. The quantitative estimate of drug-likeness (QED) is 0.400. The Morgan fingerprint density at radius 3 is 2.58 bits per heavy atom. The van der Waals surface area contributed by atoms with Crippen molar-refractivity contribution in [1.82, 2.24) is 20.0 Å². The van der Waals surface area contributed by atoms with Crippen molar-refractivity contribution in [1.29, 1.82) is 0 Å². The third-order valence-electron chi connectivity index (χ3n) is 5.52. The van der Waals surface area contributed by atoms with Crippen LogP contribution in [-0.2, 0) is 30.8 Å². The molecule has 0 fully saturated rings. The first-order chi connectivity index (χ1) is 16.1. The molecule has 0 aliphatic heterocycles. The SMILES string of the molecule is Cc1noc(C)c1COc1ccc(CC(=O)NCCc2nccn2Cc2ccccc2)cc1. The maximum absolute atomic E-state index is 12.4. The highest BCUT2D eigenvalue weighted by Gasteiger charge is 2.10. The van der Waals surface area contributed by atoms with E-state index in [2.05, 4.69) is 32.2 Å². The third-order valence-corrected chi connectivity index (χ3v) is 5.52. The Balaban J connectivity index is 1.22. The largest absolute Gasteiger partial charge is 0.489 e. The molecule has 170 valence electrons. The van der Waals surface area contributed by atoms with Crippen molar-refractivity contribution in [3.05, 3.63) is 101 Å². The second-order valence-corrected chi connectivity index (χ2v) is 7.97. The maximum atomic E-state index is 12.4. The highest BCUT2D eigenvalue weighted by atomic mass is 16.5. The molecule has 0 saturated carbocycles. The van der Waals surface area contributed by atoms with Gasteiger partial charge in [-0.1, -0.05) is 47.6 Å². The number of carbonyl (C=O) groups is 1. The number of ether oxygens (including phenoxy) is 1. The van der Waals surface area contributed by atoms with Gasteiger partial charge in [-0.25, -0.2) is 4.98 Å². The highest BCUT2D eigenvalue weighted by molar-refractivity contribution is 5.78. The van der Waals surface area contributed by atoms with E-state index >= 15 is 0 Å². The molecule has 0 aliphatic carbocycles. The van der Waals surface area contributed by atoms with Gasteiger partial charge in [0.25, 0.3) is 0 Å². The van der Waals surface area contributed by atoms with E-state index in [1.165, 1.54) is 5.56 Å². The van der Waals surface area contributed by atoms with E-state index in [1.807, 2.05) is 62.5 Å². The van der Waals surface area contributed by atoms with Gasteiger partial charge >= 0.3 is 0 Å². The smallest absolute Gasteiger partial charge is 0.224 e. The predicted molar refractivity (Wildman–Crippen MR) is 125 cm³/mol. The number of rotatable bonds is 10. The van der Waals surface area contributed by atoms with Gasteiger partial charge in [-0.2, -0.15) is 0 Å². The van der Waals surface area contributed by atoms with E-state index in [9.17, 15) is 4.79 Å². The summed E-state index contributed by atoms with van der Waals surface area (Å²) in [6.07, 6.45) is 4.78. The minimum atomic E-state index is -0.0134. The summed E-state index contributed by atoms with van der Waals surface area (Å²) in [4.78, 5) is 16.8. The van der Waals surface area contributed by atoms with Crippen molar-refractivity contribution in [2.45, 2.75) is 39.8 Å². The Hall–Kier alpha value is -3.87. The second kappa shape index (κ2) is 10.6. The fourth-order valence-electron chi connectivity index (χ4n) is 3.62. The molecule has 0 bridgehead atoms. The van der Waals surface area contributed by atoms with Crippen LogP contribution in [0.15, 0.2) is 71.5 Å². The molecule has 0 saturated heterocycles. The minimum absolute atomic E-state index is 0.0134. The van der Waals surface area contributed by atoms with Crippen molar-refractivity contribution in [2.75, 3.05) is 6.54 Å². The Bertz CT molecular complexity index is 1160. The van der Waals surface area contributed by atoms with Crippen LogP contribution in [0, 0.1) is 13.8 Å². The molecular formula is C26H28N4O3. The molecule has 1 N–H and O–H groups in total. The lowest BCUT2D eigenvalue weighted by molar-refractivity contribution is -0.120. The van der Waals surface area contributed by atoms with Gasteiger partial charge in [-0.15, -0.1) is 0 Å². The Labute approximate surface area is 193 Å². The van der Waals surface area contributed by atoms with E-state index in [-0.39, 0.29) is 5.91 Å². The van der Waals surface area contributed by atoms with Crippen LogP contribution in [0.3, 0.4) is 0 Å². The fourth-order valence-corrected chi connectivity index (χ4v) is 3.62. The number of amides is 1. The number of hydrogen-bond acceptors (Lipinski definition) is 5. The van der Waals surface area contributed by atoms with Gasteiger partial charge in [-0.05, 0) is 37.1 Å².